The van der Waals surface area contributed by atoms with Crippen LogP contribution in [0.5, 0.6) is 0 Å². The van der Waals surface area contributed by atoms with E-state index in [4.69, 9.17) is 10.7 Å². The van der Waals surface area contributed by atoms with Gasteiger partial charge in [-0.15, -0.1) is 0 Å². The molecule has 7 nitrogen and oxygen atoms in total. The zero-order chi connectivity index (χ0) is 26.9. The predicted molar refractivity (Wildman–Crippen MR) is 150 cm³/mol. The first-order valence-corrected chi connectivity index (χ1v) is 12.4. The Bertz CT molecular complexity index is 1630. The van der Waals surface area contributed by atoms with Crippen molar-refractivity contribution in [1.82, 2.24) is 14.4 Å². The van der Waals surface area contributed by atoms with E-state index >= 15 is 0 Å². The number of hydrogen-bond acceptors (Lipinski definition) is 5. The number of anilines is 2. The van der Waals surface area contributed by atoms with Gasteiger partial charge in [-0.3, -0.25) is 9.59 Å². The van der Waals surface area contributed by atoms with Gasteiger partial charge in [0.25, 0.3) is 0 Å². The Kier molecular flexibility index (Phi) is 6.51. The minimum absolute atomic E-state index is 0.0416. The summed E-state index contributed by atoms with van der Waals surface area (Å²) >= 11 is 0. The molecule has 2 heterocycles. The average molecular weight is 504 g/mol. The van der Waals surface area contributed by atoms with Crippen LogP contribution in [-0.2, 0) is 11.8 Å². The van der Waals surface area contributed by atoms with Crippen LogP contribution in [0, 0.1) is 0 Å². The van der Waals surface area contributed by atoms with E-state index in [0.717, 1.165) is 22.5 Å². The summed E-state index contributed by atoms with van der Waals surface area (Å²) in [6.07, 6.45) is 5.78. The molecular formula is C31H29N5O2. The maximum atomic E-state index is 13.0. The second-order valence-electron chi connectivity index (χ2n) is 10.3. The number of primary amides is 1. The van der Waals surface area contributed by atoms with E-state index in [9.17, 15) is 9.59 Å². The van der Waals surface area contributed by atoms with Crippen LogP contribution in [0.3, 0.4) is 0 Å². The molecule has 38 heavy (non-hydrogen) atoms. The van der Waals surface area contributed by atoms with E-state index < -0.39 is 5.91 Å². The van der Waals surface area contributed by atoms with Gasteiger partial charge in [0.2, 0.25) is 5.91 Å². The first kappa shape index (κ1) is 24.9. The van der Waals surface area contributed by atoms with Crippen LogP contribution in [0.2, 0.25) is 0 Å². The van der Waals surface area contributed by atoms with Crippen molar-refractivity contribution in [2.24, 2.45) is 5.73 Å². The van der Waals surface area contributed by atoms with Crippen LogP contribution in [-0.4, -0.2) is 26.1 Å². The number of carbonyl (C=O) groups is 2. The van der Waals surface area contributed by atoms with Gasteiger partial charge in [-0.2, -0.15) is 0 Å². The van der Waals surface area contributed by atoms with Gasteiger partial charge in [0.1, 0.15) is 0 Å². The number of nitrogens with one attached hydrogen (secondary N) is 1. The summed E-state index contributed by atoms with van der Waals surface area (Å²) < 4.78 is 1.90. The number of Topliss-reactive ketones (excluding diaryl/α,β-unsaturated/α-hetero) is 1. The van der Waals surface area contributed by atoms with Crippen molar-refractivity contribution in [3.63, 3.8) is 0 Å². The lowest BCUT2D eigenvalue weighted by Gasteiger charge is -2.19. The number of ketones is 1. The highest BCUT2D eigenvalue weighted by atomic mass is 16.1. The van der Waals surface area contributed by atoms with Crippen LogP contribution < -0.4 is 11.1 Å². The smallest absolute Gasteiger partial charge is 0.248 e. The highest BCUT2D eigenvalue weighted by Gasteiger charge is 2.15. The van der Waals surface area contributed by atoms with Crippen LogP contribution in [0.1, 0.15) is 52.6 Å². The van der Waals surface area contributed by atoms with Gasteiger partial charge in [0, 0.05) is 47.4 Å². The quantitative estimate of drug-likeness (QED) is 0.267. The van der Waals surface area contributed by atoms with E-state index in [-0.39, 0.29) is 11.2 Å². The third-order valence-electron chi connectivity index (χ3n) is 6.47. The zero-order valence-electron chi connectivity index (χ0n) is 21.6. The molecular weight excluding hydrogens is 474 g/mol. The summed E-state index contributed by atoms with van der Waals surface area (Å²) in [6.45, 7) is 6.47. The van der Waals surface area contributed by atoms with Gasteiger partial charge >= 0.3 is 0 Å². The normalized spacial score (nSPS) is 11.4. The SMILES string of the molecule is CC(C)(C)c1ccc(C(=O)Cc2cccc(-c3cn4ccnc4c(Nc4ccc(C(N)=O)cc4)n3)c2)cc1. The number of nitrogens with two attached hydrogens (primary N) is 1. The van der Waals surface area contributed by atoms with Crippen LogP contribution in [0.4, 0.5) is 11.5 Å². The molecule has 0 bridgehead atoms. The molecule has 3 N–H and O–H groups in total. The second kappa shape index (κ2) is 9.94. The van der Waals surface area contributed by atoms with Crippen molar-refractivity contribution in [2.45, 2.75) is 32.6 Å². The van der Waals surface area contributed by atoms with E-state index in [2.05, 4.69) is 31.1 Å². The number of amides is 1. The Balaban J connectivity index is 1.40. The standard InChI is InChI=1S/C31H29N5O2/c1-31(2,3)24-11-7-21(8-12-24)27(37)18-20-5-4-6-23(17-20)26-19-36-16-15-33-30(36)29(35-26)34-25-13-9-22(10-14-25)28(32)38/h4-17,19H,18H2,1-3H3,(H2,32,38)(H,34,35). The van der Waals surface area contributed by atoms with E-state index in [1.807, 2.05) is 65.3 Å². The van der Waals surface area contributed by atoms with Gasteiger partial charge in [-0.25, -0.2) is 9.97 Å². The number of rotatable bonds is 7. The zero-order valence-corrected chi connectivity index (χ0v) is 21.6. The van der Waals surface area contributed by atoms with Gasteiger partial charge < -0.3 is 15.5 Å². The molecule has 0 aliphatic rings. The fourth-order valence-electron chi connectivity index (χ4n) is 4.29. The van der Waals surface area contributed by atoms with Crippen molar-refractivity contribution in [3.8, 4) is 11.3 Å². The topological polar surface area (TPSA) is 102 Å². The lowest BCUT2D eigenvalue weighted by molar-refractivity contribution is 0.0987. The molecule has 3 aromatic carbocycles. The van der Waals surface area contributed by atoms with E-state index in [1.54, 1.807) is 30.5 Å². The monoisotopic (exact) mass is 503 g/mol. The van der Waals surface area contributed by atoms with E-state index in [1.165, 1.54) is 5.56 Å². The summed E-state index contributed by atoms with van der Waals surface area (Å²) in [4.78, 5) is 33.7. The molecule has 0 atom stereocenters. The molecule has 0 unspecified atom stereocenters. The Hall–Kier alpha value is -4.78. The maximum Gasteiger partial charge on any atom is 0.248 e. The number of carbonyl (C=O) groups excluding carboxylic acids is 2. The van der Waals surface area contributed by atoms with Crippen molar-refractivity contribution in [2.75, 3.05) is 5.32 Å². The van der Waals surface area contributed by atoms with Gasteiger partial charge in [0.15, 0.2) is 17.2 Å². The summed E-state index contributed by atoms with van der Waals surface area (Å²) in [7, 11) is 0. The molecule has 0 saturated heterocycles. The first-order chi connectivity index (χ1) is 18.2. The minimum atomic E-state index is -0.479. The summed E-state index contributed by atoms with van der Waals surface area (Å²) in [5.74, 6) is 0.162. The number of aromatic nitrogens is 3. The molecule has 190 valence electrons. The summed E-state index contributed by atoms with van der Waals surface area (Å²) in [5, 5.41) is 3.29. The largest absolute Gasteiger partial charge is 0.366 e. The van der Waals surface area contributed by atoms with Crippen LogP contribution in [0.25, 0.3) is 16.9 Å². The molecule has 0 fully saturated rings. The van der Waals surface area contributed by atoms with Crippen molar-refractivity contribution in [3.05, 3.63) is 114 Å². The lowest BCUT2D eigenvalue weighted by Crippen LogP contribution is -2.11. The minimum Gasteiger partial charge on any atom is -0.366 e. The van der Waals surface area contributed by atoms with Crippen molar-refractivity contribution in [1.29, 1.82) is 0 Å². The van der Waals surface area contributed by atoms with Gasteiger partial charge in [0.05, 0.1) is 5.69 Å². The first-order valence-electron chi connectivity index (χ1n) is 12.4. The summed E-state index contributed by atoms with van der Waals surface area (Å²) in [6, 6.07) is 22.6. The highest BCUT2D eigenvalue weighted by Crippen LogP contribution is 2.26. The van der Waals surface area contributed by atoms with Crippen LogP contribution >= 0.6 is 0 Å². The second-order valence-corrected chi connectivity index (χ2v) is 10.3. The van der Waals surface area contributed by atoms with E-state index in [0.29, 0.717) is 29.0 Å². The number of fused-ring (bicyclic) bond motifs is 1. The number of nitrogens with zero attached hydrogens (tertiary/aromatic N) is 3. The van der Waals surface area contributed by atoms with Gasteiger partial charge in [-0.05, 0) is 46.9 Å². The fraction of sp³-hybridized carbons (Fsp3) is 0.161. The molecule has 5 rings (SSSR count). The molecule has 0 spiro atoms. The average Bonchev–Trinajstić information content (AvgIpc) is 3.38. The van der Waals surface area contributed by atoms with Crippen molar-refractivity contribution >= 4 is 28.8 Å². The van der Waals surface area contributed by atoms with Crippen LogP contribution in [0.15, 0.2) is 91.4 Å². The lowest BCUT2D eigenvalue weighted by atomic mass is 9.86. The molecule has 5 aromatic rings. The Labute approximate surface area is 221 Å². The predicted octanol–water partition coefficient (Wildman–Crippen LogP) is 5.96. The summed E-state index contributed by atoms with van der Waals surface area (Å²) in [5.41, 5.74) is 11.7. The Morgan fingerprint density at radius 3 is 2.34 bits per heavy atom. The molecule has 1 amide bonds. The third-order valence-corrected chi connectivity index (χ3v) is 6.47. The number of benzene rings is 3. The molecule has 0 radical (unpaired) electrons. The Morgan fingerprint density at radius 1 is 0.947 bits per heavy atom. The third kappa shape index (κ3) is 5.32. The van der Waals surface area contributed by atoms with Gasteiger partial charge in [-0.1, -0.05) is 63.2 Å². The molecule has 2 aromatic heterocycles. The Morgan fingerprint density at radius 2 is 1.66 bits per heavy atom. The van der Waals surface area contributed by atoms with Crippen molar-refractivity contribution < 1.29 is 9.59 Å². The molecule has 0 saturated carbocycles. The molecule has 0 aliphatic heterocycles. The number of hydrogen-bond donors (Lipinski definition) is 2. The maximum absolute atomic E-state index is 13.0. The molecule has 0 aliphatic carbocycles. The number of imidazole rings is 1. The fourth-order valence-corrected chi connectivity index (χ4v) is 4.29. The highest BCUT2D eigenvalue weighted by molar-refractivity contribution is 5.97. The molecule has 7 heteroatoms.